The van der Waals surface area contributed by atoms with Crippen molar-refractivity contribution < 1.29 is 9.47 Å². The van der Waals surface area contributed by atoms with Gasteiger partial charge in [-0.15, -0.1) is 0 Å². The highest BCUT2D eigenvalue weighted by Gasteiger charge is 2.23. The summed E-state index contributed by atoms with van der Waals surface area (Å²) in [4.78, 5) is 0. The van der Waals surface area contributed by atoms with E-state index in [-0.39, 0.29) is 12.2 Å². The van der Waals surface area contributed by atoms with Crippen molar-refractivity contribution in [3.05, 3.63) is 35.4 Å². The molecule has 1 aromatic carbocycles. The second-order valence-corrected chi connectivity index (χ2v) is 6.77. The van der Waals surface area contributed by atoms with Crippen molar-refractivity contribution in [3.63, 3.8) is 0 Å². The minimum absolute atomic E-state index is 0.00700. The van der Waals surface area contributed by atoms with Gasteiger partial charge in [0.05, 0.1) is 31.0 Å². The molecule has 1 saturated heterocycles. The van der Waals surface area contributed by atoms with Gasteiger partial charge >= 0.3 is 0 Å². The van der Waals surface area contributed by atoms with E-state index in [1.807, 2.05) is 24.3 Å². The van der Waals surface area contributed by atoms with Crippen molar-refractivity contribution in [3.8, 4) is 6.07 Å². The molecule has 1 aromatic rings. The first-order valence-corrected chi connectivity index (χ1v) is 9.56. The Morgan fingerprint density at radius 2 is 1.58 bits per heavy atom. The Bertz CT molecular complexity index is 484. The van der Waals surface area contributed by atoms with Gasteiger partial charge in [-0.2, -0.15) is 5.26 Å². The van der Waals surface area contributed by atoms with Crippen LogP contribution in [-0.2, 0) is 9.47 Å². The molecule has 132 valence electrons. The maximum absolute atomic E-state index is 8.84. The predicted molar refractivity (Wildman–Crippen MR) is 96.8 cm³/mol. The Morgan fingerprint density at radius 3 is 2.17 bits per heavy atom. The van der Waals surface area contributed by atoms with E-state index in [9.17, 15) is 0 Å². The van der Waals surface area contributed by atoms with Crippen molar-refractivity contribution in [2.75, 3.05) is 13.2 Å². The first-order valence-electron chi connectivity index (χ1n) is 9.56. The molecular formula is C21H31NO2. The number of hydrogen-bond acceptors (Lipinski definition) is 3. The lowest BCUT2D eigenvalue weighted by atomic mass is 10.0. The van der Waals surface area contributed by atoms with Gasteiger partial charge in [-0.25, -0.2) is 0 Å². The number of ether oxygens (including phenoxy) is 2. The first-order chi connectivity index (χ1) is 11.8. The van der Waals surface area contributed by atoms with Crippen LogP contribution in [0.15, 0.2) is 24.3 Å². The molecule has 1 fully saturated rings. The second kappa shape index (κ2) is 11.2. The molecule has 1 aliphatic heterocycles. The van der Waals surface area contributed by atoms with E-state index >= 15 is 0 Å². The summed E-state index contributed by atoms with van der Waals surface area (Å²) in [5.41, 5.74) is 1.78. The molecule has 0 unspecified atom stereocenters. The molecule has 1 heterocycles. The van der Waals surface area contributed by atoms with Crippen LogP contribution in [0.1, 0.15) is 81.9 Å². The van der Waals surface area contributed by atoms with E-state index in [1.54, 1.807) is 0 Å². The lowest BCUT2D eigenvalue weighted by Gasteiger charge is -2.30. The van der Waals surface area contributed by atoms with Crippen molar-refractivity contribution >= 4 is 0 Å². The fourth-order valence-electron chi connectivity index (χ4n) is 3.18. The monoisotopic (exact) mass is 329 g/mol. The zero-order chi connectivity index (χ0) is 17.0. The molecule has 0 saturated carbocycles. The second-order valence-electron chi connectivity index (χ2n) is 6.77. The third-order valence-electron chi connectivity index (χ3n) is 4.76. The molecule has 24 heavy (non-hydrogen) atoms. The fraction of sp³-hybridized carbons (Fsp3) is 0.667. The number of rotatable bonds is 10. The van der Waals surface area contributed by atoms with Gasteiger partial charge in [0.1, 0.15) is 6.10 Å². The summed E-state index contributed by atoms with van der Waals surface area (Å²) in [6.45, 7) is 3.56. The van der Waals surface area contributed by atoms with Gasteiger partial charge in [-0.3, -0.25) is 0 Å². The fourth-order valence-corrected chi connectivity index (χ4v) is 3.18. The van der Waals surface area contributed by atoms with E-state index in [2.05, 4.69) is 13.0 Å². The van der Waals surface area contributed by atoms with E-state index in [1.165, 1.54) is 51.4 Å². The Balaban J connectivity index is 1.55. The zero-order valence-corrected chi connectivity index (χ0v) is 15.0. The lowest BCUT2D eigenvalue weighted by molar-refractivity contribution is -0.137. The molecule has 3 heteroatoms. The number of nitrogens with zero attached hydrogens (tertiary/aromatic N) is 1. The molecule has 1 aliphatic rings. The maximum Gasteiger partial charge on any atom is 0.106 e. The summed E-state index contributed by atoms with van der Waals surface area (Å²) in [5.74, 6) is 0. The van der Waals surface area contributed by atoms with Crippen LogP contribution in [0, 0.1) is 11.3 Å². The molecule has 0 spiro atoms. The van der Waals surface area contributed by atoms with Crippen LogP contribution in [-0.4, -0.2) is 19.3 Å². The minimum Gasteiger partial charge on any atom is -0.373 e. The van der Waals surface area contributed by atoms with Crippen LogP contribution in [0.25, 0.3) is 0 Å². The smallest absolute Gasteiger partial charge is 0.106 e. The van der Waals surface area contributed by atoms with Crippen molar-refractivity contribution in [1.29, 1.82) is 5.26 Å². The molecule has 0 N–H and O–H groups in total. The SMILES string of the molecule is CCCCCCCCCC[C@@H]1CO[C@@H](c2ccc(C#N)cc2)CO1. The first kappa shape index (κ1) is 19.0. The number of benzene rings is 1. The molecule has 0 aromatic heterocycles. The Morgan fingerprint density at radius 1 is 0.917 bits per heavy atom. The van der Waals surface area contributed by atoms with Gasteiger partial charge < -0.3 is 9.47 Å². The summed E-state index contributed by atoms with van der Waals surface area (Å²) in [6, 6.07) is 9.74. The van der Waals surface area contributed by atoms with E-state index < -0.39 is 0 Å². The highest BCUT2D eigenvalue weighted by molar-refractivity contribution is 5.32. The van der Waals surface area contributed by atoms with Crippen LogP contribution in [0.2, 0.25) is 0 Å². The van der Waals surface area contributed by atoms with Crippen LogP contribution >= 0.6 is 0 Å². The third-order valence-corrected chi connectivity index (χ3v) is 4.76. The van der Waals surface area contributed by atoms with Crippen molar-refractivity contribution in [2.24, 2.45) is 0 Å². The normalized spacial score (nSPS) is 20.7. The Labute approximate surface area is 147 Å². The summed E-state index contributed by atoms with van der Waals surface area (Å²) < 4.78 is 11.9. The minimum atomic E-state index is 0.00700. The van der Waals surface area contributed by atoms with Gasteiger partial charge in [0.15, 0.2) is 0 Å². The van der Waals surface area contributed by atoms with Crippen LogP contribution in [0.4, 0.5) is 0 Å². The molecular weight excluding hydrogens is 298 g/mol. The number of nitriles is 1. The quantitative estimate of drug-likeness (QED) is 0.529. The van der Waals surface area contributed by atoms with Crippen LogP contribution in [0.5, 0.6) is 0 Å². The van der Waals surface area contributed by atoms with Gasteiger partial charge in [-0.05, 0) is 24.1 Å². The number of hydrogen-bond donors (Lipinski definition) is 0. The van der Waals surface area contributed by atoms with Gasteiger partial charge in [0.2, 0.25) is 0 Å². The number of unbranched alkanes of at least 4 members (excludes halogenated alkanes) is 7. The molecule has 3 nitrogen and oxygen atoms in total. The molecule has 0 amide bonds. The Kier molecular flexibility index (Phi) is 8.87. The van der Waals surface area contributed by atoms with E-state index in [4.69, 9.17) is 14.7 Å². The molecule has 2 rings (SSSR count). The summed E-state index contributed by atoms with van der Waals surface area (Å²) >= 11 is 0. The summed E-state index contributed by atoms with van der Waals surface area (Å²) in [5, 5.41) is 8.84. The van der Waals surface area contributed by atoms with Crippen molar-refractivity contribution in [2.45, 2.75) is 76.9 Å². The zero-order valence-electron chi connectivity index (χ0n) is 15.0. The highest BCUT2D eigenvalue weighted by Crippen LogP contribution is 2.25. The van der Waals surface area contributed by atoms with Gasteiger partial charge in [-0.1, -0.05) is 70.4 Å². The summed E-state index contributed by atoms with van der Waals surface area (Å²) in [7, 11) is 0. The maximum atomic E-state index is 8.84. The topological polar surface area (TPSA) is 42.2 Å². The van der Waals surface area contributed by atoms with E-state index in [0.29, 0.717) is 18.8 Å². The standard InChI is InChI=1S/C21H31NO2/c1-2-3-4-5-6-7-8-9-10-20-16-24-21(17-23-20)19-13-11-18(15-22)12-14-19/h11-14,20-21H,2-10,16-17H2,1H3/t20-,21-/m1/s1. The molecule has 0 aliphatic carbocycles. The third kappa shape index (κ3) is 6.63. The molecule has 2 atom stereocenters. The van der Waals surface area contributed by atoms with E-state index in [0.717, 1.165) is 12.0 Å². The lowest BCUT2D eigenvalue weighted by Crippen LogP contribution is -2.31. The van der Waals surface area contributed by atoms with Crippen molar-refractivity contribution in [1.82, 2.24) is 0 Å². The Hall–Kier alpha value is -1.37. The van der Waals surface area contributed by atoms with Crippen LogP contribution in [0.3, 0.4) is 0 Å². The molecule has 0 radical (unpaired) electrons. The molecule has 0 bridgehead atoms. The summed E-state index contributed by atoms with van der Waals surface area (Å²) in [6.07, 6.45) is 12.1. The largest absolute Gasteiger partial charge is 0.373 e. The average molecular weight is 329 g/mol. The highest BCUT2D eigenvalue weighted by atomic mass is 16.6. The van der Waals surface area contributed by atoms with Gasteiger partial charge in [0.25, 0.3) is 0 Å². The predicted octanol–water partition coefficient (Wildman–Crippen LogP) is 5.55. The average Bonchev–Trinajstić information content (AvgIpc) is 2.64. The van der Waals surface area contributed by atoms with Gasteiger partial charge in [0, 0.05) is 0 Å². The van der Waals surface area contributed by atoms with Crippen LogP contribution < -0.4 is 0 Å².